The second-order valence-corrected chi connectivity index (χ2v) is 16.7. The summed E-state index contributed by atoms with van der Waals surface area (Å²) in [5.41, 5.74) is 10.5. The van der Waals surface area contributed by atoms with Gasteiger partial charge in [0.2, 0.25) is 5.95 Å². The highest BCUT2D eigenvalue weighted by Gasteiger charge is 2.26. The van der Waals surface area contributed by atoms with Crippen molar-refractivity contribution in [2.75, 3.05) is 0 Å². The first-order valence-corrected chi connectivity index (χ1v) is 21.0. The van der Waals surface area contributed by atoms with Crippen LogP contribution in [0.4, 0.5) is 0 Å². The van der Waals surface area contributed by atoms with Crippen molar-refractivity contribution >= 4 is 119 Å². The monoisotopic (exact) mass is 783 g/mol. The molecule has 0 spiro atoms. The van der Waals surface area contributed by atoms with Crippen molar-refractivity contribution in [1.29, 1.82) is 0 Å². The van der Waals surface area contributed by atoms with E-state index in [1.54, 1.807) is 11.3 Å². The Hall–Kier alpha value is -7.80. The first kappa shape index (κ1) is 32.2. The molecular weight excluding hydrogens is 755 g/mol. The van der Waals surface area contributed by atoms with Gasteiger partial charge in [0.15, 0.2) is 0 Å². The molecule has 5 aromatic heterocycles. The van der Waals surface area contributed by atoms with E-state index < -0.39 is 0 Å². The summed E-state index contributed by atoms with van der Waals surface area (Å²) in [6, 6.07) is 62.1. The fourth-order valence-electron chi connectivity index (χ4n) is 9.79. The first-order chi connectivity index (χ1) is 29.8. The fourth-order valence-corrected chi connectivity index (χ4v) is 10.9. The lowest BCUT2D eigenvalue weighted by molar-refractivity contribution is 0.670. The van der Waals surface area contributed by atoms with Crippen LogP contribution in [0.1, 0.15) is 0 Å². The van der Waals surface area contributed by atoms with Crippen LogP contribution in [-0.4, -0.2) is 14.5 Å². The van der Waals surface area contributed by atoms with Crippen molar-refractivity contribution in [3.8, 4) is 28.3 Å². The van der Waals surface area contributed by atoms with Crippen LogP contribution in [0.25, 0.3) is 136 Å². The van der Waals surface area contributed by atoms with Gasteiger partial charge in [0.1, 0.15) is 22.3 Å². The number of nitrogens with zero attached hydrogens (tertiary/aromatic N) is 3. The number of rotatable bonds is 3. The summed E-state index contributed by atoms with van der Waals surface area (Å²) in [6.45, 7) is 0. The zero-order valence-corrected chi connectivity index (χ0v) is 32.6. The summed E-state index contributed by atoms with van der Waals surface area (Å²) in [5, 5.41) is 12.1. The molecule has 0 amide bonds. The van der Waals surface area contributed by atoms with Gasteiger partial charge in [-0.2, -0.15) is 0 Å². The second kappa shape index (κ2) is 11.9. The van der Waals surface area contributed by atoms with Gasteiger partial charge in [-0.05, 0) is 69.8 Å². The maximum absolute atomic E-state index is 7.09. The minimum atomic E-state index is 0.594. The number of hydrogen-bond acceptors (Lipinski definition) is 5. The standard InChI is InChI=1S/C54H29N3O2S/c1-2-14-30(15-3-1)39-29-40-35-26-27-43-47(51(35)59-50(40)34-19-7-6-18-33(34)39)36-20-8-11-23-42(36)57(43)54-55-48-38-22-10-13-25-45(38)60-53(48)49(56-54)41-28-31-16-4-5-17-32(31)46-37-21-9-12-24-44(37)58-52(41)46/h1-29H. The lowest BCUT2D eigenvalue weighted by Crippen LogP contribution is -2.02. The number of furan rings is 2. The van der Waals surface area contributed by atoms with Crippen LogP contribution in [0.5, 0.6) is 0 Å². The number of para-hydroxylation sites is 2. The van der Waals surface area contributed by atoms with Crippen molar-refractivity contribution in [2.45, 2.75) is 0 Å². The van der Waals surface area contributed by atoms with Crippen LogP contribution in [0.2, 0.25) is 0 Å². The number of fused-ring (bicyclic) bond motifs is 17. The van der Waals surface area contributed by atoms with Gasteiger partial charge in [-0.15, -0.1) is 11.3 Å². The summed E-state index contributed by atoms with van der Waals surface area (Å²) in [7, 11) is 0. The average Bonchev–Trinajstić information content (AvgIpc) is 4.08. The van der Waals surface area contributed by atoms with Gasteiger partial charge in [-0.1, -0.05) is 133 Å². The van der Waals surface area contributed by atoms with Gasteiger partial charge < -0.3 is 8.83 Å². The van der Waals surface area contributed by atoms with E-state index in [1.165, 1.54) is 16.5 Å². The largest absolute Gasteiger partial charge is 0.455 e. The molecule has 0 aliphatic carbocycles. The Kier molecular flexibility index (Phi) is 6.38. The summed E-state index contributed by atoms with van der Waals surface area (Å²) in [6.07, 6.45) is 0. The van der Waals surface area contributed by atoms with E-state index in [4.69, 9.17) is 18.8 Å². The topological polar surface area (TPSA) is 57.0 Å². The number of hydrogen-bond donors (Lipinski definition) is 0. The molecule has 6 heteroatoms. The molecule has 0 bridgehead atoms. The smallest absolute Gasteiger partial charge is 0.235 e. The summed E-state index contributed by atoms with van der Waals surface area (Å²) >= 11 is 1.73. The van der Waals surface area contributed by atoms with Crippen LogP contribution in [0.15, 0.2) is 185 Å². The van der Waals surface area contributed by atoms with Crippen LogP contribution >= 0.6 is 11.3 Å². The predicted molar refractivity (Wildman–Crippen MR) is 250 cm³/mol. The van der Waals surface area contributed by atoms with E-state index in [9.17, 15) is 0 Å². The molecule has 0 radical (unpaired) electrons. The molecule has 5 heterocycles. The summed E-state index contributed by atoms with van der Waals surface area (Å²) in [5.74, 6) is 0.594. The van der Waals surface area contributed by atoms with Crippen LogP contribution in [0.3, 0.4) is 0 Å². The van der Waals surface area contributed by atoms with E-state index in [2.05, 4.69) is 174 Å². The Morgan fingerprint density at radius 2 is 1.13 bits per heavy atom. The Morgan fingerprint density at radius 1 is 0.433 bits per heavy atom. The highest BCUT2D eigenvalue weighted by Crippen LogP contribution is 2.47. The maximum atomic E-state index is 7.09. The minimum absolute atomic E-state index is 0.594. The molecule has 5 nitrogen and oxygen atoms in total. The fraction of sp³-hybridized carbons (Fsp3) is 0. The summed E-state index contributed by atoms with van der Waals surface area (Å²) < 4.78 is 18.3. The van der Waals surface area contributed by atoms with Crippen molar-refractivity contribution in [1.82, 2.24) is 14.5 Å². The van der Waals surface area contributed by atoms with Crippen molar-refractivity contribution in [3.63, 3.8) is 0 Å². The Bertz CT molecular complexity index is 4130. The lowest BCUT2D eigenvalue weighted by atomic mass is 9.95. The number of aromatic nitrogens is 3. The second-order valence-electron chi connectivity index (χ2n) is 15.6. The molecule has 0 N–H and O–H groups in total. The molecule has 0 fully saturated rings. The lowest BCUT2D eigenvalue weighted by Gasteiger charge is -2.11. The van der Waals surface area contributed by atoms with E-state index in [0.29, 0.717) is 5.95 Å². The van der Waals surface area contributed by atoms with Crippen molar-refractivity contribution in [2.24, 2.45) is 0 Å². The molecule has 14 aromatic rings. The maximum Gasteiger partial charge on any atom is 0.235 e. The highest BCUT2D eigenvalue weighted by molar-refractivity contribution is 7.26. The van der Waals surface area contributed by atoms with Gasteiger partial charge in [-0.25, -0.2) is 9.97 Å². The van der Waals surface area contributed by atoms with Gasteiger partial charge >= 0.3 is 0 Å². The van der Waals surface area contributed by atoms with Crippen LogP contribution < -0.4 is 0 Å². The third-order valence-corrected chi connectivity index (χ3v) is 13.6. The van der Waals surface area contributed by atoms with Gasteiger partial charge in [0.25, 0.3) is 0 Å². The third kappa shape index (κ3) is 4.30. The predicted octanol–water partition coefficient (Wildman–Crippen LogP) is 15.4. The number of benzene rings is 9. The molecule has 0 saturated heterocycles. The van der Waals surface area contributed by atoms with Gasteiger partial charge in [0.05, 0.1) is 32.3 Å². The third-order valence-electron chi connectivity index (χ3n) is 12.4. The zero-order valence-electron chi connectivity index (χ0n) is 31.8. The van der Waals surface area contributed by atoms with E-state index in [1.807, 2.05) is 6.07 Å². The SMILES string of the molecule is c1ccc(-c2cc3c4ccc5c(c6ccccc6n5-c5nc(-c6cc7ccccc7c7c6oc6ccccc67)c6sc7ccccc7c6n5)c4oc3c3ccccc23)cc1. The van der Waals surface area contributed by atoms with Crippen molar-refractivity contribution < 1.29 is 8.83 Å². The highest BCUT2D eigenvalue weighted by atomic mass is 32.1. The molecular formula is C54H29N3O2S. The molecule has 9 aromatic carbocycles. The van der Waals surface area contributed by atoms with E-state index in [0.717, 1.165) is 113 Å². The van der Waals surface area contributed by atoms with E-state index in [-0.39, 0.29) is 0 Å². The Morgan fingerprint density at radius 3 is 2.02 bits per heavy atom. The average molecular weight is 784 g/mol. The zero-order chi connectivity index (χ0) is 39.1. The molecule has 14 rings (SSSR count). The Labute approximate surface area is 345 Å². The quantitative estimate of drug-likeness (QED) is 0.179. The molecule has 60 heavy (non-hydrogen) atoms. The van der Waals surface area contributed by atoms with Crippen LogP contribution in [-0.2, 0) is 0 Å². The van der Waals surface area contributed by atoms with Crippen molar-refractivity contribution in [3.05, 3.63) is 176 Å². The number of thiophene rings is 1. The van der Waals surface area contributed by atoms with Crippen LogP contribution in [0, 0.1) is 0 Å². The molecule has 0 unspecified atom stereocenters. The molecule has 0 atom stereocenters. The molecule has 0 aliphatic rings. The molecule has 0 saturated carbocycles. The van der Waals surface area contributed by atoms with Gasteiger partial charge in [0, 0.05) is 48.0 Å². The van der Waals surface area contributed by atoms with Gasteiger partial charge in [-0.3, -0.25) is 4.57 Å². The Balaban J connectivity index is 1.11. The molecule has 0 aliphatic heterocycles. The minimum Gasteiger partial charge on any atom is -0.455 e. The summed E-state index contributed by atoms with van der Waals surface area (Å²) in [4.78, 5) is 11.1. The molecule has 278 valence electrons. The van der Waals surface area contributed by atoms with E-state index >= 15 is 0 Å². The normalized spacial score (nSPS) is 12.3. The first-order valence-electron chi connectivity index (χ1n) is 20.2.